The van der Waals surface area contributed by atoms with Crippen molar-refractivity contribution in [2.75, 3.05) is 13.7 Å². The average molecular weight is 280 g/mol. The number of benzene rings is 1. The van der Waals surface area contributed by atoms with E-state index in [9.17, 15) is 0 Å². The lowest BCUT2D eigenvalue weighted by molar-refractivity contribution is -0.159. The van der Waals surface area contributed by atoms with Crippen LogP contribution in [0.2, 0.25) is 0 Å². The van der Waals surface area contributed by atoms with E-state index in [0.717, 1.165) is 17.7 Å². The van der Waals surface area contributed by atoms with Crippen LogP contribution in [0.4, 0.5) is 0 Å². The Bertz CT molecular complexity index is 594. The molecule has 5 N–H and O–H groups in total. The molecule has 0 aliphatic heterocycles. The van der Waals surface area contributed by atoms with Gasteiger partial charge < -0.3 is 25.7 Å². The van der Waals surface area contributed by atoms with Gasteiger partial charge in [0, 0.05) is 17.1 Å². The van der Waals surface area contributed by atoms with E-state index in [0.29, 0.717) is 6.54 Å². The predicted octanol–water partition coefficient (Wildman–Crippen LogP) is 0.833. The third kappa shape index (κ3) is 3.99. The number of aliphatic carboxylic acids is 2. The maximum absolute atomic E-state index is 9.10. The fourth-order valence-corrected chi connectivity index (χ4v) is 1.65. The van der Waals surface area contributed by atoms with Crippen LogP contribution in [0.25, 0.3) is 10.9 Å². The lowest BCUT2D eigenvalue weighted by Crippen LogP contribution is -2.09. The van der Waals surface area contributed by atoms with Crippen molar-refractivity contribution in [3.8, 4) is 5.75 Å². The third-order valence-corrected chi connectivity index (χ3v) is 2.57. The lowest BCUT2D eigenvalue weighted by atomic mass is 10.1. The van der Waals surface area contributed by atoms with Gasteiger partial charge in [-0.05, 0) is 36.7 Å². The molecule has 7 heteroatoms. The Morgan fingerprint density at radius 3 is 2.45 bits per heavy atom. The van der Waals surface area contributed by atoms with Crippen molar-refractivity contribution in [2.24, 2.45) is 5.73 Å². The van der Waals surface area contributed by atoms with Gasteiger partial charge in [-0.2, -0.15) is 0 Å². The summed E-state index contributed by atoms with van der Waals surface area (Å²) in [5, 5.41) is 16.0. The number of ether oxygens (including phenoxy) is 1. The van der Waals surface area contributed by atoms with Crippen LogP contribution in [0.5, 0.6) is 5.75 Å². The molecule has 0 unspecified atom stereocenters. The molecule has 0 saturated heterocycles. The monoisotopic (exact) mass is 280 g/mol. The molecule has 2 rings (SSSR count). The topological polar surface area (TPSA) is 126 Å². The fraction of sp³-hybridized carbons (Fsp3) is 0.231. The summed E-state index contributed by atoms with van der Waals surface area (Å²) < 4.78 is 5.18. The summed E-state index contributed by atoms with van der Waals surface area (Å²) in [6, 6.07) is 6.01. The van der Waals surface area contributed by atoms with Gasteiger partial charge in [-0.15, -0.1) is 0 Å². The summed E-state index contributed by atoms with van der Waals surface area (Å²) in [6.07, 6.45) is 2.91. The highest BCUT2D eigenvalue weighted by Crippen LogP contribution is 2.23. The minimum Gasteiger partial charge on any atom is -0.497 e. The van der Waals surface area contributed by atoms with Gasteiger partial charge in [0.15, 0.2) is 0 Å². The number of rotatable bonds is 3. The van der Waals surface area contributed by atoms with E-state index in [1.807, 2.05) is 24.4 Å². The number of nitrogens with one attached hydrogen (secondary N) is 1. The van der Waals surface area contributed by atoms with Gasteiger partial charge >= 0.3 is 11.9 Å². The van der Waals surface area contributed by atoms with E-state index in [-0.39, 0.29) is 0 Å². The van der Waals surface area contributed by atoms with Gasteiger partial charge in [-0.1, -0.05) is 0 Å². The lowest BCUT2D eigenvalue weighted by Gasteiger charge is -2.00. The quantitative estimate of drug-likeness (QED) is 0.617. The van der Waals surface area contributed by atoms with Crippen LogP contribution < -0.4 is 10.5 Å². The molecular weight excluding hydrogens is 264 g/mol. The number of fused-ring (bicyclic) bond motifs is 1. The van der Waals surface area contributed by atoms with Crippen LogP contribution in [0.1, 0.15) is 5.56 Å². The van der Waals surface area contributed by atoms with Crippen LogP contribution in [0, 0.1) is 0 Å². The van der Waals surface area contributed by atoms with Gasteiger partial charge in [-0.3, -0.25) is 0 Å². The molecule has 0 radical (unpaired) electrons. The molecule has 0 aliphatic rings. The largest absolute Gasteiger partial charge is 0.497 e. The third-order valence-electron chi connectivity index (χ3n) is 2.57. The Kier molecular flexibility index (Phi) is 5.55. The van der Waals surface area contributed by atoms with Crippen LogP contribution >= 0.6 is 0 Å². The Morgan fingerprint density at radius 1 is 1.30 bits per heavy atom. The first-order valence-electron chi connectivity index (χ1n) is 5.80. The van der Waals surface area contributed by atoms with Crippen LogP contribution in [0.15, 0.2) is 24.4 Å². The molecule has 0 aliphatic carbocycles. The number of nitrogens with two attached hydrogens (primary N) is 1. The van der Waals surface area contributed by atoms with E-state index in [4.69, 9.17) is 30.3 Å². The Balaban J connectivity index is 0.000000286. The molecule has 0 atom stereocenters. The number of hydrogen-bond acceptors (Lipinski definition) is 4. The zero-order valence-corrected chi connectivity index (χ0v) is 10.9. The predicted molar refractivity (Wildman–Crippen MR) is 72.9 cm³/mol. The van der Waals surface area contributed by atoms with E-state index < -0.39 is 11.9 Å². The first-order valence-corrected chi connectivity index (χ1v) is 5.80. The van der Waals surface area contributed by atoms with E-state index in [2.05, 4.69) is 4.98 Å². The molecule has 0 saturated carbocycles. The molecule has 7 nitrogen and oxygen atoms in total. The first-order chi connectivity index (χ1) is 9.49. The summed E-state index contributed by atoms with van der Waals surface area (Å²) in [7, 11) is 1.68. The molecular formula is C13H16N2O5. The summed E-state index contributed by atoms with van der Waals surface area (Å²) in [5.74, 6) is -2.76. The van der Waals surface area contributed by atoms with Crippen molar-refractivity contribution in [1.82, 2.24) is 4.98 Å². The number of carbonyl (C=O) groups is 2. The maximum atomic E-state index is 9.10. The van der Waals surface area contributed by atoms with Crippen molar-refractivity contribution in [2.45, 2.75) is 6.42 Å². The number of methoxy groups -OCH3 is 1. The maximum Gasteiger partial charge on any atom is 0.414 e. The number of H-pyrrole nitrogens is 1. The zero-order valence-electron chi connectivity index (χ0n) is 10.9. The Hall–Kier alpha value is -2.54. The van der Waals surface area contributed by atoms with Crippen molar-refractivity contribution >= 4 is 22.8 Å². The van der Waals surface area contributed by atoms with Gasteiger partial charge in [-0.25, -0.2) is 9.59 Å². The highest BCUT2D eigenvalue weighted by molar-refractivity contribution is 6.27. The number of carboxylic acid groups (broad SMARTS) is 2. The standard InChI is InChI=1S/C11H14N2O.C2H2O4/c1-14-9-2-3-11-10(6-9)8(4-5-12)7-13-11;3-1(4)2(5)6/h2-3,6-7,13H,4-5,12H2,1H3;(H,3,4)(H,5,6). The number of aromatic nitrogens is 1. The van der Waals surface area contributed by atoms with Crippen LogP contribution in [-0.2, 0) is 16.0 Å². The van der Waals surface area contributed by atoms with Crippen molar-refractivity contribution in [3.05, 3.63) is 30.0 Å². The van der Waals surface area contributed by atoms with Gasteiger partial charge in [0.25, 0.3) is 0 Å². The minimum absolute atomic E-state index is 0.671. The fourth-order valence-electron chi connectivity index (χ4n) is 1.65. The summed E-state index contributed by atoms with van der Waals surface area (Å²) in [6.45, 7) is 0.671. The minimum atomic E-state index is -1.82. The molecule has 0 fully saturated rings. The van der Waals surface area contributed by atoms with Gasteiger partial charge in [0.2, 0.25) is 0 Å². The smallest absolute Gasteiger partial charge is 0.414 e. The van der Waals surface area contributed by atoms with Crippen LogP contribution in [0.3, 0.4) is 0 Å². The molecule has 0 amide bonds. The molecule has 0 spiro atoms. The first kappa shape index (κ1) is 15.5. The molecule has 2 aromatic rings. The second-order valence-corrected chi connectivity index (χ2v) is 3.87. The van der Waals surface area contributed by atoms with Gasteiger partial charge in [0.05, 0.1) is 7.11 Å². The summed E-state index contributed by atoms with van der Waals surface area (Å²) in [5.41, 5.74) is 7.92. The van der Waals surface area contributed by atoms with Crippen LogP contribution in [-0.4, -0.2) is 40.8 Å². The van der Waals surface area contributed by atoms with E-state index in [1.54, 1.807) is 7.11 Å². The van der Waals surface area contributed by atoms with Gasteiger partial charge in [0.1, 0.15) is 5.75 Å². The zero-order chi connectivity index (χ0) is 15.1. The highest BCUT2D eigenvalue weighted by Gasteiger charge is 2.04. The second kappa shape index (κ2) is 7.15. The van der Waals surface area contributed by atoms with E-state index >= 15 is 0 Å². The molecule has 20 heavy (non-hydrogen) atoms. The van der Waals surface area contributed by atoms with Crippen molar-refractivity contribution in [1.29, 1.82) is 0 Å². The SMILES string of the molecule is COc1ccc2[nH]cc(CCN)c2c1.O=C(O)C(=O)O. The Labute approximate surface area is 115 Å². The molecule has 108 valence electrons. The highest BCUT2D eigenvalue weighted by atomic mass is 16.5. The van der Waals surface area contributed by atoms with Crippen molar-refractivity contribution in [3.63, 3.8) is 0 Å². The summed E-state index contributed by atoms with van der Waals surface area (Å²) in [4.78, 5) is 21.4. The van der Waals surface area contributed by atoms with Crippen molar-refractivity contribution < 1.29 is 24.5 Å². The van der Waals surface area contributed by atoms with E-state index in [1.165, 1.54) is 10.9 Å². The molecule has 0 bridgehead atoms. The molecule has 1 aromatic carbocycles. The normalized spacial score (nSPS) is 9.70. The number of hydrogen-bond donors (Lipinski definition) is 4. The second-order valence-electron chi connectivity index (χ2n) is 3.87. The number of carboxylic acids is 2. The summed E-state index contributed by atoms with van der Waals surface area (Å²) >= 11 is 0. The molecule has 1 heterocycles. The average Bonchev–Trinajstić information content (AvgIpc) is 2.82. The molecule has 1 aromatic heterocycles. The number of aromatic amines is 1. The Morgan fingerprint density at radius 2 is 1.95 bits per heavy atom.